The Balaban J connectivity index is 0.00000201. The minimum Gasteiger partial charge on any atom is -1.00 e. The van der Waals surface area contributed by atoms with E-state index in [9.17, 15) is 0 Å². The van der Waals surface area contributed by atoms with Crippen molar-refractivity contribution in [2.45, 2.75) is 26.7 Å². The third-order valence-electron chi connectivity index (χ3n) is 9.87. The maximum atomic E-state index is 2.56. The molecule has 0 bridgehead atoms. The first-order valence-corrected chi connectivity index (χ1v) is 24.0. The van der Waals surface area contributed by atoms with Crippen LogP contribution in [0.25, 0.3) is 32.7 Å². The summed E-state index contributed by atoms with van der Waals surface area (Å²) in [6.07, 6.45) is 7.28. The van der Waals surface area contributed by atoms with Crippen LogP contribution in [0.2, 0.25) is 0 Å². The maximum Gasteiger partial charge on any atom is -1.00 e. The summed E-state index contributed by atoms with van der Waals surface area (Å²) >= 11 is -2.57. The summed E-state index contributed by atoms with van der Waals surface area (Å²) in [5, 5.41) is 8.47. The number of rotatable bonds is 6. The zero-order valence-corrected chi connectivity index (χ0v) is 32.2. The number of fused-ring (bicyclic) bond motifs is 2. The van der Waals surface area contributed by atoms with Crippen LogP contribution in [-0.2, 0) is 20.4 Å². The molecule has 0 radical (unpaired) electrons. The van der Waals surface area contributed by atoms with Crippen LogP contribution >= 0.6 is 0 Å². The maximum absolute atomic E-state index is 2.57. The molecule has 0 atom stereocenters. The van der Waals surface area contributed by atoms with Gasteiger partial charge in [-0.1, -0.05) is 0 Å². The van der Waals surface area contributed by atoms with E-state index in [0.717, 1.165) is 12.8 Å². The van der Waals surface area contributed by atoms with Crippen LogP contribution in [0, 0.1) is 0 Å². The molecule has 0 heterocycles. The Kier molecular flexibility index (Phi) is 10.7. The largest absolute Gasteiger partial charge is 1.00 e. The van der Waals surface area contributed by atoms with Crippen LogP contribution in [0.15, 0.2) is 175 Å². The second-order valence-corrected chi connectivity index (χ2v) is 25.7. The molecule has 0 amide bonds. The number of hydrogen-bond acceptors (Lipinski definition) is 0. The summed E-state index contributed by atoms with van der Waals surface area (Å²) in [6, 6.07) is 54.5. The molecule has 0 fully saturated rings. The standard InChI is InChI=1S/2C16H13.C12H10Si.2ClH.Zr/c2*1-12-6-4-10-14(12)16-11-5-8-13-7-2-3-9-15(13)16;1-3-7-11(8-4-1)13-12-9-5-2-6-10-12;;;/h2*2-3,5,7-11H,4H2,1H3;1-10H;2*1H;/q;;;;;+2/p-2. The van der Waals surface area contributed by atoms with E-state index >= 15 is 0 Å². The van der Waals surface area contributed by atoms with Crippen molar-refractivity contribution in [3.8, 4) is 0 Å². The Morgan fingerprint density at radius 2 is 0.812 bits per heavy atom. The van der Waals surface area contributed by atoms with E-state index in [1.54, 1.807) is 28.1 Å². The predicted molar refractivity (Wildman–Crippen MR) is 196 cm³/mol. The van der Waals surface area contributed by atoms with Gasteiger partial charge in [0.25, 0.3) is 0 Å². The summed E-state index contributed by atoms with van der Waals surface area (Å²) in [4.78, 5) is 0. The van der Waals surface area contributed by atoms with E-state index in [1.807, 2.05) is 0 Å². The molecule has 48 heavy (non-hydrogen) atoms. The van der Waals surface area contributed by atoms with Gasteiger partial charge in [-0.3, -0.25) is 0 Å². The van der Waals surface area contributed by atoms with Crippen LogP contribution in [0.5, 0.6) is 0 Å². The second kappa shape index (κ2) is 14.9. The van der Waals surface area contributed by atoms with Gasteiger partial charge >= 0.3 is 282 Å². The van der Waals surface area contributed by atoms with Crippen molar-refractivity contribution in [3.63, 3.8) is 0 Å². The van der Waals surface area contributed by atoms with Crippen LogP contribution in [0.1, 0.15) is 37.8 Å². The van der Waals surface area contributed by atoms with Crippen molar-refractivity contribution in [2.75, 3.05) is 0 Å². The molecule has 2 aliphatic rings. The molecule has 0 N–H and O–H groups in total. The fourth-order valence-corrected chi connectivity index (χ4v) is 29.7. The summed E-state index contributed by atoms with van der Waals surface area (Å²) in [6.45, 7) is 4.88. The van der Waals surface area contributed by atoms with Crippen molar-refractivity contribution >= 4 is 48.5 Å². The van der Waals surface area contributed by atoms with Gasteiger partial charge in [0.05, 0.1) is 0 Å². The van der Waals surface area contributed by atoms with Gasteiger partial charge in [0, 0.05) is 0 Å². The van der Waals surface area contributed by atoms with E-state index in [1.165, 1.54) is 43.8 Å². The first-order chi connectivity index (χ1) is 22.7. The summed E-state index contributed by atoms with van der Waals surface area (Å²) < 4.78 is 3.57. The molecular formula is C44H36Cl2SiZr. The van der Waals surface area contributed by atoms with E-state index in [0.29, 0.717) is 0 Å². The van der Waals surface area contributed by atoms with Crippen molar-refractivity contribution in [3.05, 3.63) is 187 Å². The van der Waals surface area contributed by atoms with Gasteiger partial charge in [-0.05, 0) is 0 Å². The number of allylic oxidation sites excluding steroid dienone is 8. The molecular weight excluding hydrogens is 719 g/mol. The Morgan fingerprint density at radius 1 is 0.438 bits per heavy atom. The fraction of sp³-hybridized carbons (Fsp3) is 0.0909. The van der Waals surface area contributed by atoms with E-state index in [-0.39, 0.29) is 24.8 Å². The smallest absolute Gasteiger partial charge is 1.00 e. The number of hydrogen-bond donors (Lipinski definition) is 0. The topological polar surface area (TPSA) is 0 Å². The fourth-order valence-electron chi connectivity index (χ4n) is 7.62. The van der Waals surface area contributed by atoms with Crippen LogP contribution in [0.3, 0.4) is 0 Å². The van der Waals surface area contributed by atoms with E-state index in [4.69, 9.17) is 0 Å². The SMILES string of the molecule is CC1=[C]([Zr+2]([C]2=C(C)C(c3cccc4ccccc34)=CC2)=[Si](c2ccccc2)c2ccccc2)CC=C1c1cccc2ccccc12.[Cl-].[Cl-]. The van der Waals surface area contributed by atoms with E-state index < -0.39 is 25.8 Å². The zero-order valence-electron chi connectivity index (χ0n) is 27.2. The first kappa shape index (κ1) is 34.3. The Hall–Kier alpha value is -3.52. The third-order valence-corrected chi connectivity index (χ3v) is 29.5. The Bertz CT molecular complexity index is 2140. The van der Waals surface area contributed by atoms with Crippen molar-refractivity contribution in [1.82, 2.24) is 0 Å². The molecule has 0 nitrogen and oxygen atoms in total. The van der Waals surface area contributed by atoms with Gasteiger partial charge in [0.2, 0.25) is 0 Å². The molecule has 4 heteroatoms. The summed E-state index contributed by atoms with van der Waals surface area (Å²) in [5.74, 6) is 0. The van der Waals surface area contributed by atoms with Crippen LogP contribution in [-0.4, -0.2) is 5.43 Å². The normalized spacial score (nSPS) is 13.9. The monoisotopic (exact) mass is 752 g/mol. The van der Waals surface area contributed by atoms with Gasteiger partial charge in [0.1, 0.15) is 0 Å². The number of halogens is 2. The van der Waals surface area contributed by atoms with Gasteiger partial charge in [-0.15, -0.1) is 0 Å². The first-order valence-electron chi connectivity index (χ1n) is 16.3. The Labute approximate surface area is 304 Å². The average molecular weight is 755 g/mol. The van der Waals surface area contributed by atoms with Crippen molar-refractivity contribution in [2.24, 2.45) is 0 Å². The number of benzene rings is 6. The van der Waals surface area contributed by atoms with Gasteiger partial charge in [0.15, 0.2) is 0 Å². The minimum absolute atomic E-state index is 0. The molecule has 0 unspecified atom stereocenters. The summed E-state index contributed by atoms with van der Waals surface area (Å²) in [7, 11) is 0. The molecule has 0 saturated carbocycles. The zero-order chi connectivity index (χ0) is 31.0. The van der Waals surface area contributed by atoms with Crippen LogP contribution < -0.4 is 35.2 Å². The third kappa shape index (κ3) is 6.21. The van der Waals surface area contributed by atoms with Gasteiger partial charge in [-0.25, -0.2) is 0 Å². The molecule has 6 aromatic carbocycles. The minimum atomic E-state index is -2.57. The van der Waals surface area contributed by atoms with Crippen LogP contribution in [0.4, 0.5) is 0 Å². The van der Waals surface area contributed by atoms with Gasteiger partial charge < -0.3 is 24.8 Å². The van der Waals surface area contributed by atoms with Crippen molar-refractivity contribution < 1.29 is 45.2 Å². The van der Waals surface area contributed by atoms with Crippen molar-refractivity contribution in [1.29, 1.82) is 0 Å². The molecule has 0 saturated heterocycles. The molecule has 2 aliphatic carbocycles. The molecule has 8 rings (SSSR count). The van der Waals surface area contributed by atoms with Gasteiger partial charge in [-0.2, -0.15) is 0 Å². The molecule has 6 aromatic rings. The Morgan fingerprint density at radius 3 is 1.25 bits per heavy atom. The average Bonchev–Trinajstić information content (AvgIpc) is 3.69. The molecule has 0 aliphatic heterocycles. The summed E-state index contributed by atoms with van der Waals surface area (Å²) in [5.41, 5.74) is 7.70. The second-order valence-electron chi connectivity index (χ2n) is 12.4. The molecule has 0 spiro atoms. The predicted octanol–water partition coefficient (Wildman–Crippen LogP) is 4.25. The molecule has 0 aromatic heterocycles. The quantitative estimate of drug-likeness (QED) is 0.224. The molecule has 234 valence electrons. The van der Waals surface area contributed by atoms with E-state index in [2.05, 4.69) is 172 Å².